The minimum atomic E-state index is -0.215. The van der Waals surface area contributed by atoms with Crippen molar-refractivity contribution in [2.45, 2.75) is 33.2 Å². The van der Waals surface area contributed by atoms with Crippen LogP contribution in [0.5, 0.6) is 5.75 Å². The lowest BCUT2D eigenvalue weighted by atomic mass is 10.1. The van der Waals surface area contributed by atoms with E-state index in [1.54, 1.807) is 0 Å². The number of carbonyl (C=O) groups is 1. The number of carbonyl (C=O) groups excluding carboxylic acids is 1. The van der Waals surface area contributed by atoms with Gasteiger partial charge in [-0.15, -0.1) is 0 Å². The van der Waals surface area contributed by atoms with Crippen LogP contribution in [0.2, 0.25) is 0 Å². The van der Waals surface area contributed by atoms with E-state index in [0.717, 1.165) is 11.3 Å². The van der Waals surface area contributed by atoms with E-state index in [2.05, 4.69) is 5.32 Å². The van der Waals surface area contributed by atoms with Crippen LogP contribution in [0.1, 0.15) is 26.3 Å². The summed E-state index contributed by atoms with van der Waals surface area (Å²) in [7, 11) is 0. The largest absolute Gasteiger partial charge is 0.484 e. The number of benzene rings is 1. The fourth-order valence-electron chi connectivity index (χ4n) is 1.31. The molecule has 1 aromatic rings. The maximum atomic E-state index is 11.5. The maximum Gasteiger partial charge on any atom is 0.258 e. The molecule has 0 unspecified atom stereocenters. The number of ether oxygens (including phenoxy) is 1. The van der Waals surface area contributed by atoms with Gasteiger partial charge in [0.15, 0.2) is 6.61 Å². The second-order valence-corrected chi connectivity index (χ2v) is 4.90. The Hall–Kier alpha value is -1.51. The molecule has 1 N–H and O–H groups in total. The highest BCUT2D eigenvalue weighted by atomic mass is 16.5. The molecule has 0 heterocycles. The van der Waals surface area contributed by atoms with Gasteiger partial charge in [-0.1, -0.05) is 12.1 Å². The average molecular weight is 221 g/mol. The minimum Gasteiger partial charge on any atom is -0.484 e. The second-order valence-electron chi connectivity index (χ2n) is 4.90. The van der Waals surface area contributed by atoms with Crippen LogP contribution in [-0.2, 0) is 4.79 Å². The summed E-state index contributed by atoms with van der Waals surface area (Å²) >= 11 is 0. The Morgan fingerprint density at radius 1 is 1.38 bits per heavy atom. The summed E-state index contributed by atoms with van der Waals surface area (Å²) in [5, 5.41) is 2.84. The molecule has 0 saturated carbocycles. The molecule has 0 aliphatic rings. The van der Waals surface area contributed by atoms with Gasteiger partial charge in [-0.2, -0.15) is 0 Å². The van der Waals surface area contributed by atoms with Gasteiger partial charge in [-0.05, 0) is 45.4 Å². The van der Waals surface area contributed by atoms with Gasteiger partial charge in [0.1, 0.15) is 5.75 Å². The van der Waals surface area contributed by atoms with Gasteiger partial charge in [0, 0.05) is 5.54 Å². The Morgan fingerprint density at radius 2 is 2.06 bits per heavy atom. The standard InChI is InChI=1S/C13H19NO2/c1-10-6-5-7-11(8-10)16-9-12(15)14-13(2,3)4/h5-8H,9H2,1-4H3,(H,14,15). The summed E-state index contributed by atoms with van der Waals surface area (Å²) in [5.74, 6) is 0.623. The number of aryl methyl sites for hydroxylation is 1. The van der Waals surface area contributed by atoms with Gasteiger partial charge >= 0.3 is 0 Å². The molecule has 0 fully saturated rings. The molecule has 0 radical (unpaired) electrons. The monoisotopic (exact) mass is 221 g/mol. The SMILES string of the molecule is Cc1cccc(OCC(=O)NC(C)(C)C)c1. The summed E-state index contributed by atoms with van der Waals surface area (Å²) in [6.07, 6.45) is 0. The van der Waals surface area contributed by atoms with Crippen LogP contribution < -0.4 is 10.1 Å². The Balaban J connectivity index is 2.43. The fraction of sp³-hybridized carbons (Fsp3) is 0.462. The van der Waals surface area contributed by atoms with Crippen molar-refractivity contribution in [1.82, 2.24) is 5.32 Å². The van der Waals surface area contributed by atoms with Gasteiger partial charge in [-0.3, -0.25) is 4.79 Å². The number of amides is 1. The Kier molecular flexibility index (Phi) is 3.93. The highest BCUT2D eigenvalue weighted by Crippen LogP contribution is 2.12. The molecule has 3 heteroatoms. The summed E-state index contributed by atoms with van der Waals surface area (Å²) in [6, 6.07) is 7.65. The Morgan fingerprint density at radius 3 is 2.62 bits per heavy atom. The van der Waals surface area contributed by atoms with E-state index >= 15 is 0 Å². The lowest BCUT2D eigenvalue weighted by molar-refractivity contribution is -0.124. The third-order valence-electron chi connectivity index (χ3n) is 1.87. The van der Waals surface area contributed by atoms with E-state index in [1.165, 1.54) is 0 Å². The Labute approximate surface area is 96.8 Å². The second kappa shape index (κ2) is 5.01. The van der Waals surface area contributed by atoms with E-state index in [1.807, 2.05) is 52.0 Å². The Bertz CT molecular complexity index is 366. The molecule has 0 aliphatic carbocycles. The van der Waals surface area contributed by atoms with E-state index in [-0.39, 0.29) is 18.1 Å². The van der Waals surface area contributed by atoms with Crippen molar-refractivity contribution in [1.29, 1.82) is 0 Å². The summed E-state index contributed by atoms with van der Waals surface area (Å²) in [6.45, 7) is 7.87. The highest BCUT2D eigenvalue weighted by Gasteiger charge is 2.13. The molecule has 3 nitrogen and oxygen atoms in total. The van der Waals surface area contributed by atoms with E-state index in [9.17, 15) is 4.79 Å². The first-order chi connectivity index (χ1) is 7.37. The summed E-state index contributed by atoms with van der Waals surface area (Å²) in [4.78, 5) is 11.5. The molecule has 1 rings (SSSR count). The van der Waals surface area contributed by atoms with Crippen LogP contribution in [0, 0.1) is 6.92 Å². The topological polar surface area (TPSA) is 38.3 Å². The molecule has 0 spiro atoms. The first-order valence-corrected chi connectivity index (χ1v) is 5.37. The highest BCUT2D eigenvalue weighted by molar-refractivity contribution is 5.78. The molecule has 88 valence electrons. The van der Waals surface area contributed by atoms with E-state index in [0.29, 0.717) is 0 Å². The summed E-state index contributed by atoms with van der Waals surface area (Å²) in [5.41, 5.74) is 0.904. The van der Waals surface area contributed by atoms with Crippen molar-refractivity contribution in [3.63, 3.8) is 0 Å². The van der Waals surface area contributed by atoms with Gasteiger partial charge in [0.2, 0.25) is 0 Å². The first-order valence-electron chi connectivity index (χ1n) is 5.37. The van der Waals surface area contributed by atoms with Gasteiger partial charge in [0.05, 0.1) is 0 Å². The van der Waals surface area contributed by atoms with Crippen molar-refractivity contribution in [3.05, 3.63) is 29.8 Å². The van der Waals surface area contributed by atoms with Crippen LogP contribution >= 0.6 is 0 Å². The summed E-state index contributed by atoms with van der Waals surface area (Å²) < 4.78 is 5.38. The van der Waals surface area contributed by atoms with Gasteiger partial charge in [-0.25, -0.2) is 0 Å². The molecular formula is C13H19NO2. The third kappa shape index (κ3) is 4.82. The molecule has 0 aromatic heterocycles. The normalized spacial score (nSPS) is 11.0. The number of hydrogen-bond acceptors (Lipinski definition) is 2. The number of nitrogens with one attached hydrogen (secondary N) is 1. The molecule has 1 amide bonds. The fourth-order valence-corrected chi connectivity index (χ4v) is 1.31. The van der Waals surface area contributed by atoms with E-state index in [4.69, 9.17) is 4.74 Å². The van der Waals surface area contributed by atoms with E-state index < -0.39 is 0 Å². The van der Waals surface area contributed by atoms with Crippen molar-refractivity contribution in [2.24, 2.45) is 0 Å². The van der Waals surface area contributed by atoms with Crippen molar-refractivity contribution in [3.8, 4) is 5.75 Å². The van der Waals surface area contributed by atoms with Crippen LogP contribution in [0.4, 0.5) is 0 Å². The predicted octanol–water partition coefficient (Wildman–Crippen LogP) is 2.29. The number of hydrogen-bond donors (Lipinski definition) is 1. The number of rotatable bonds is 3. The zero-order valence-corrected chi connectivity index (χ0v) is 10.3. The van der Waals surface area contributed by atoms with Crippen LogP contribution in [-0.4, -0.2) is 18.1 Å². The molecule has 16 heavy (non-hydrogen) atoms. The van der Waals surface area contributed by atoms with Crippen molar-refractivity contribution >= 4 is 5.91 Å². The third-order valence-corrected chi connectivity index (χ3v) is 1.87. The minimum absolute atomic E-state index is 0.0563. The smallest absolute Gasteiger partial charge is 0.258 e. The van der Waals surface area contributed by atoms with Crippen LogP contribution in [0.25, 0.3) is 0 Å². The van der Waals surface area contributed by atoms with Crippen LogP contribution in [0.15, 0.2) is 24.3 Å². The van der Waals surface area contributed by atoms with Crippen LogP contribution in [0.3, 0.4) is 0 Å². The quantitative estimate of drug-likeness (QED) is 0.850. The zero-order chi connectivity index (χ0) is 12.2. The molecule has 0 aliphatic heterocycles. The predicted molar refractivity (Wildman–Crippen MR) is 64.6 cm³/mol. The lowest BCUT2D eigenvalue weighted by Crippen LogP contribution is -2.43. The van der Waals surface area contributed by atoms with Gasteiger partial charge in [0.25, 0.3) is 5.91 Å². The average Bonchev–Trinajstić information content (AvgIpc) is 2.12. The molecule has 1 aromatic carbocycles. The molecule has 0 saturated heterocycles. The zero-order valence-electron chi connectivity index (χ0n) is 10.3. The van der Waals surface area contributed by atoms with Gasteiger partial charge < -0.3 is 10.1 Å². The maximum absolute atomic E-state index is 11.5. The lowest BCUT2D eigenvalue weighted by Gasteiger charge is -2.20. The molecule has 0 atom stereocenters. The molecular weight excluding hydrogens is 202 g/mol. The van der Waals surface area contributed by atoms with Crippen molar-refractivity contribution < 1.29 is 9.53 Å². The first kappa shape index (κ1) is 12.6. The molecule has 0 bridgehead atoms. The van der Waals surface area contributed by atoms with Crippen molar-refractivity contribution in [2.75, 3.05) is 6.61 Å².